The molecule has 7 nitrogen and oxygen atoms in total. The van der Waals surface area contributed by atoms with E-state index in [9.17, 15) is 8.42 Å². The van der Waals surface area contributed by atoms with Crippen molar-refractivity contribution in [2.24, 2.45) is 5.84 Å². The van der Waals surface area contributed by atoms with Gasteiger partial charge in [0.15, 0.2) is 5.82 Å². The first-order valence-electron chi connectivity index (χ1n) is 5.21. The van der Waals surface area contributed by atoms with Crippen LogP contribution >= 0.6 is 0 Å². The number of sulfonamides is 1. The highest BCUT2D eigenvalue weighted by molar-refractivity contribution is 7.89. The number of hydrogen-bond acceptors (Lipinski definition) is 6. The van der Waals surface area contributed by atoms with Gasteiger partial charge in [0, 0.05) is 19.3 Å². The van der Waals surface area contributed by atoms with Crippen molar-refractivity contribution >= 4 is 15.8 Å². The van der Waals surface area contributed by atoms with Crippen LogP contribution in [0.3, 0.4) is 0 Å². The highest BCUT2D eigenvalue weighted by atomic mass is 32.2. The van der Waals surface area contributed by atoms with E-state index in [-0.39, 0.29) is 17.1 Å². The summed E-state index contributed by atoms with van der Waals surface area (Å²) in [6, 6.07) is 4.43. The van der Waals surface area contributed by atoms with Crippen LogP contribution in [0.25, 0.3) is 0 Å². The molecule has 1 unspecified atom stereocenters. The minimum Gasteiger partial charge on any atom is -0.307 e. The lowest BCUT2D eigenvalue weighted by atomic mass is 10.3. The molecule has 0 bridgehead atoms. The third-order valence-corrected chi connectivity index (χ3v) is 4.58. The lowest BCUT2D eigenvalue weighted by Gasteiger charge is -2.23. The zero-order chi connectivity index (χ0) is 13.8. The van der Waals surface area contributed by atoms with Gasteiger partial charge in [0.05, 0.1) is 12.5 Å². The van der Waals surface area contributed by atoms with E-state index in [0.717, 1.165) is 4.31 Å². The molecule has 0 aliphatic heterocycles. The van der Waals surface area contributed by atoms with Gasteiger partial charge in [-0.25, -0.2) is 19.2 Å². The third-order valence-electron chi connectivity index (χ3n) is 2.57. The topological polar surface area (TPSA) is 112 Å². The van der Waals surface area contributed by atoms with Crippen molar-refractivity contribution in [3.8, 4) is 6.07 Å². The number of nitrogens with one attached hydrogen (secondary N) is 1. The van der Waals surface area contributed by atoms with Crippen LogP contribution < -0.4 is 11.3 Å². The van der Waals surface area contributed by atoms with E-state index in [1.165, 1.54) is 25.4 Å². The van der Waals surface area contributed by atoms with Gasteiger partial charge in [0.2, 0.25) is 10.0 Å². The number of pyridine rings is 1. The summed E-state index contributed by atoms with van der Waals surface area (Å²) in [6.45, 7) is 1.66. The van der Waals surface area contributed by atoms with E-state index in [4.69, 9.17) is 11.1 Å². The number of nitriles is 1. The molecule has 1 aromatic rings. The summed E-state index contributed by atoms with van der Waals surface area (Å²) in [5.74, 6) is 5.31. The van der Waals surface area contributed by atoms with Gasteiger partial charge < -0.3 is 5.43 Å². The number of hydrazine groups is 1. The highest BCUT2D eigenvalue weighted by Crippen LogP contribution is 2.22. The Morgan fingerprint density at radius 1 is 1.67 bits per heavy atom. The van der Waals surface area contributed by atoms with Gasteiger partial charge in [-0.1, -0.05) is 0 Å². The molecule has 0 aliphatic rings. The van der Waals surface area contributed by atoms with Gasteiger partial charge in [-0.05, 0) is 19.1 Å². The molecule has 0 spiro atoms. The molecule has 3 N–H and O–H groups in total. The molecule has 0 radical (unpaired) electrons. The molecule has 0 aromatic carbocycles. The molecule has 8 heteroatoms. The first-order chi connectivity index (χ1) is 8.45. The summed E-state index contributed by atoms with van der Waals surface area (Å²) in [5.41, 5.74) is 2.25. The zero-order valence-corrected chi connectivity index (χ0v) is 11.0. The fourth-order valence-electron chi connectivity index (χ4n) is 1.36. The average molecular weight is 269 g/mol. The van der Waals surface area contributed by atoms with Crippen LogP contribution in [0.4, 0.5) is 5.82 Å². The zero-order valence-electron chi connectivity index (χ0n) is 10.2. The Hall–Kier alpha value is -1.69. The number of nitrogens with zero attached hydrogens (tertiary/aromatic N) is 3. The van der Waals surface area contributed by atoms with Gasteiger partial charge in [-0.3, -0.25) is 0 Å². The SMILES string of the molecule is CC(CC#N)N(C)S(=O)(=O)c1cccnc1NN. The summed E-state index contributed by atoms with van der Waals surface area (Å²) >= 11 is 0. The Labute approximate surface area is 106 Å². The number of aromatic nitrogens is 1. The molecule has 1 heterocycles. The molecular weight excluding hydrogens is 254 g/mol. The number of rotatable bonds is 5. The number of nitrogens with two attached hydrogens (primary N) is 1. The average Bonchev–Trinajstić information content (AvgIpc) is 2.38. The Morgan fingerprint density at radius 3 is 2.89 bits per heavy atom. The molecule has 0 amide bonds. The molecule has 0 saturated carbocycles. The largest absolute Gasteiger partial charge is 0.307 e. The summed E-state index contributed by atoms with van der Waals surface area (Å²) in [7, 11) is -2.30. The summed E-state index contributed by atoms with van der Waals surface area (Å²) in [4.78, 5) is 3.83. The summed E-state index contributed by atoms with van der Waals surface area (Å²) in [6.07, 6.45) is 1.55. The highest BCUT2D eigenvalue weighted by Gasteiger charge is 2.27. The number of anilines is 1. The molecule has 1 atom stereocenters. The lowest BCUT2D eigenvalue weighted by molar-refractivity contribution is 0.393. The first-order valence-corrected chi connectivity index (χ1v) is 6.65. The second-order valence-electron chi connectivity index (χ2n) is 3.73. The van der Waals surface area contributed by atoms with Crippen LogP contribution in [0.2, 0.25) is 0 Å². The van der Waals surface area contributed by atoms with Gasteiger partial charge >= 0.3 is 0 Å². The quantitative estimate of drug-likeness (QED) is 0.587. The van der Waals surface area contributed by atoms with Crippen molar-refractivity contribution in [2.75, 3.05) is 12.5 Å². The van der Waals surface area contributed by atoms with Gasteiger partial charge in [0.1, 0.15) is 4.90 Å². The molecule has 0 saturated heterocycles. The van der Waals surface area contributed by atoms with Crippen molar-refractivity contribution in [3.63, 3.8) is 0 Å². The fourth-order valence-corrected chi connectivity index (χ4v) is 2.82. The molecule has 1 rings (SSSR count). The molecule has 18 heavy (non-hydrogen) atoms. The van der Waals surface area contributed by atoms with E-state index < -0.39 is 16.1 Å². The maximum absolute atomic E-state index is 12.3. The first kappa shape index (κ1) is 14.4. The molecule has 0 fully saturated rings. The second-order valence-corrected chi connectivity index (χ2v) is 5.69. The number of nitrogen functional groups attached to an aromatic ring is 1. The Balaban J connectivity index is 3.18. The fraction of sp³-hybridized carbons (Fsp3) is 0.400. The van der Waals surface area contributed by atoms with E-state index in [1.807, 2.05) is 6.07 Å². The molecule has 0 aliphatic carbocycles. The third kappa shape index (κ3) is 2.76. The molecular formula is C10H15N5O2S. The van der Waals surface area contributed by atoms with Gasteiger partial charge in [-0.15, -0.1) is 0 Å². The molecule has 98 valence electrons. The van der Waals surface area contributed by atoms with Crippen molar-refractivity contribution in [3.05, 3.63) is 18.3 Å². The second kappa shape index (κ2) is 5.77. The number of hydrogen-bond donors (Lipinski definition) is 2. The van der Waals surface area contributed by atoms with Crippen LogP contribution in [-0.4, -0.2) is 30.8 Å². The predicted molar refractivity (Wildman–Crippen MR) is 66.7 cm³/mol. The maximum atomic E-state index is 12.3. The predicted octanol–water partition coefficient (Wildman–Crippen LogP) is 0.290. The van der Waals surface area contributed by atoms with Crippen molar-refractivity contribution in [1.82, 2.24) is 9.29 Å². The van der Waals surface area contributed by atoms with E-state index in [2.05, 4.69) is 10.4 Å². The van der Waals surface area contributed by atoms with Gasteiger partial charge in [0.25, 0.3) is 0 Å². The smallest absolute Gasteiger partial charge is 0.246 e. The van der Waals surface area contributed by atoms with Crippen molar-refractivity contribution in [2.45, 2.75) is 24.3 Å². The van der Waals surface area contributed by atoms with Crippen LogP contribution in [0.5, 0.6) is 0 Å². The van der Waals surface area contributed by atoms with Crippen LogP contribution in [0.15, 0.2) is 23.2 Å². The maximum Gasteiger partial charge on any atom is 0.246 e. The standard InChI is InChI=1S/C10H15N5O2S/c1-8(5-6-11)15(2)18(16,17)9-4-3-7-13-10(9)14-12/h3-4,7-8H,5,12H2,1-2H3,(H,13,14). The Kier molecular flexibility index (Phi) is 4.61. The van der Waals surface area contributed by atoms with Crippen molar-refractivity contribution in [1.29, 1.82) is 5.26 Å². The van der Waals surface area contributed by atoms with Crippen LogP contribution in [-0.2, 0) is 10.0 Å². The van der Waals surface area contributed by atoms with E-state index in [1.54, 1.807) is 6.92 Å². The van der Waals surface area contributed by atoms with E-state index >= 15 is 0 Å². The minimum atomic E-state index is -3.73. The normalized spacial score (nSPS) is 13.1. The van der Waals surface area contributed by atoms with Crippen LogP contribution in [0.1, 0.15) is 13.3 Å². The monoisotopic (exact) mass is 269 g/mol. The van der Waals surface area contributed by atoms with E-state index in [0.29, 0.717) is 0 Å². The Morgan fingerprint density at radius 2 is 2.33 bits per heavy atom. The van der Waals surface area contributed by atoms with Crippen molar-refractivity contribution < 1.29 is 8.42 Å². The summed E-state index contributed by atoms with van der Waals surface area (Å²) < 4.78 is 25.8. The Bertz CT molecular complexity index is 552. The minimum absolute atomic E-state index is 0.0141. The summed E-state index contributed by atoms with van der Waals surface area (Å²) in [5, 5.41) is 8.61. The van der Waals surface area contributed by atoms with Crippen LogP contribution in [0, 0.1) is 11.3 Å². The van der Waals surface area contributed by atoms with Gasteiger partial charge in [-0.2, -0.15) is 9.57 Å². The lowest BCUT2D eigenvalue weighted by Crippen LogP contribution is -2.35. The molecule has 1 aromatic heterocycles.